The molecule has 18 heavy (non-hydrogen) atoms. The van der Waals surface area contributed by atoms with Gasteiger partial charge >= 0.3 is 5.69 Å². The van der Waals surface area contributed by atoms with E-state index in [0.717, 1.165) is 11.1 Å². The van der Waals surface area contributed by atoms with Crippen molar-refractivity contribution in [1.29, 1.82) is 0 Å². The van der Waals surface area contributed by atoms with Crippen LogP contribution >= 0.6 is 0 Å². The average molecular weight is 256 g/mol. The first kappa shape index (κ1) is 14.5. The fourth-order valence-corrected chi connectivity index (χ4v) is 1.51. The van der Waals surface area contributed by atoms with Crippen molar-refractivity contribution in [2.24, 2.45) is 14.1 Å². The molecule has 0 aliphatic heterocycles. The second-order valence-corrected chi connectivity index (χ2v) is 4.02. The van der Waals surface area contributed by atoms with E-state index in [1.165, 1.54) is 17.7 Å². The van der Waals surface area contributed by atoms with Crippen molar-refractivity contribution in [3.05, 3.63) is 26.9 Å². The fourth-order valence-electron chi connectivity index (χ4n) is 1.51. The van der Waals surface area contributed by atoms with Crippen molar-refractivity contribution in [2.75, 3.05) is 31.6 Å². The Morgan fingerprint density at radius 1 is 1.17 bits per heavy atom. The molecule has 0 saturated carbocycles. The van der Waals surface area contributed by atoms with E-state index in [4.69, 9.17) is 5.11 Å². The molecule has 7 nitrogen and oxygen atoms in total. The average Bonchev–Trinajstić information content (AvgIpc) is 2.37. The zero-order valence-corrected chi connectivity index (χ0v) is 10.8. The number of nitrogens with zero attached hydrogens (tertiary/aromatic N) is 2. The van der Waals surface area contributed by atoms with Crippen LogP contribution in [0.1, 0.15) is 6.42 Å². The Hall–Kier alpha value is -1.60. The Morgan fingerprint density at radius 3 is 2.56 bits per heavy atom. The molecule has 1 rings (SSSR count). The summed E-state index contributed by atoms with van der Waals surface area (Å²) in [6, 6.07) is 1.40. The molecule has 0 saturated heterocycles. The van der Waals surface area contributed by atoms with Gasteiger partial charge in [0.15, 0.2) is 0 Å². The molecule has 0 aliphatic carbocycles. The van der Waals surface area contributed by atoms with Gasteiger partial charge in [0.1, 0.15) is 5.82 Å². The molecule has 0 radical (unpaired) electrons. The molecule has 0 unspecified atom stereocenters. The largest absolute Gasteiger partial charge is 0.396 e. The van der Waals surface area contributed by atoms with Crippen molar-refractivity contribution in [1.82, 2.24) is 14.5 Å². The van der Waals surface area contributed by atoms with Crippen LogP contribution in [-0.4, -0.2) is 40.5 Å². The third-order valence-corrected chi connectivity index (χ3v) is 2.65. The van der Waals surface area contributed by atoms with Gasteiger partial charge in [-0.3, -0.25) is 13.9 Å². The first-order chi connectivity index (χ1) is 8.57. The molecular weight excluding hydrogens is 236 g/mol. The summed E-state index contributed by atoms with van der Waals surface area (Å²) in [4.78, 5) is 23.1. The molecule has 1 aromatic heterocycles. The highest BCUT2D eigenvalue weighted by molar-refractivity contribution is 5.33. The maximum absolute atomic E-state index is 11.6. The Morgan fingerprint density at radius 2 is 1.89 bits per heavy atom. The molecule has 1 heterocycles. The first-order valence-corrected chi connectivity index (χ1v) is 5.90. The minimum absolute atomic E-state index is 0.170. The van der Waals surface area contributed by atoms with Gasteiger partial charge in [0.05, 0.1) is 0 Å². The van der Waals surface area contributed by atoms with Crippen molar-refractivity contribution in [2.45, 2.75) is 6.42 Å². The molecular formula is C11H20N4O3. The van der Waals surface area contributed by atoms with Crippen LogP contribution in [0.5, 0.6) is 0 Å². The lowest BCUT2D eigenvalue weighted by molar-refractivity contribution is 0.286. The third kappa shape index (κ3) is 3.71. The van der Waals surface area contributed by atoms with Crippen molar-refractivity contribution in [3.63, 3.8) is 0 Å². The second-order valence-electron chi connectivity index (χ2n) is 4.02. The van der Waals surface area contributed by atoms with E-state index >= 15 is 0 Å². The standard InChI is InChI=1S/C11H20N4O3/c1-14-9(8-10(17)15(2)11(14)18)13-6-5-12-4-3-7-16/h8,12-13,16H,3-7H2,1-2H3. The van der Waals surface area contributed by atoms with E-state index in [1.54, 1.807) is 7.05 Å². The third-order valence-electron chi connectivity index (χ3n) is 2.65. The Balaban J connectivity index is 2.53. The lowest BCUT2D eigenvalue weighted by Gasteiger charge is -2.11. The molecule has 3 N–H and O–H groups in total. The van der Waals surface area contributed by atoms with Crippen LogP contribution in [0.25, 0.3) is 0 Å². The molecule has 0 spiro atoms. The number of aliphatic hydroxyl groups is 1. The first-order valence-electron chi connectivity index (χ1n) is 5.90. The number of hydrogen-bond donors (Lipinski definition) is 3. The number of aliphatic hydroxyl groups excluding tert-OH is 1. The highest BCUT2D eigenvalue weighted by atomic mass is 16.3. The molecule has 0 aliphatic rings. The summed E-state index contributed by atoms with van der Waals surface area (Å²) < 4.78 is 2.46. The summed E-state index contributed by atoms with van der Waals surface area (Å²) in [6.07, 6.45) is 0.713. The summed E-state index contributed by atoms with van der Waals surface area (Å²) in [5.74, 6) is 0.507. The number of nitrogens with one attached hydrogen (secondary N) is 2. The Kier molecular flexibility index (Phi) is 5.60. The van der Waals surface area contributed by atoms with Crippen LogP contribution in [0.4, 0.5) is 5.82 Å². The minimum atomic E-state index is -0.349. The van der Waals surface area contributed by atoms with Crippen molar-refractivity contribution < 1.29 is 5.11 Å². The number of anilines is 1. The summed E-state index contributed by atoms with van der Waals surface area (Å²) in [7, 11) is 3.06. The van der Waals surface area contributed by atoms with Gasteiger partial charge < -0.3 is 15.7 Å². The molecule has 0 bridgehead atoms. The predicted molar refractivity (Wildman–Crippen MR) is 70.0 cm³/mol. The number of aromatic nitrogens is 2. The molecule has 0 atom stereocenters. The number of hydrogen-bond acceptors (Lipinski definition) is 5. The van der Waals surface area contributed by atoms with Crippen LogP contribution in [-0.2, 0) is 14.1 Å². The Bertz CT molecular complexity index is 492. The van der Waals surface area contributed by atoms with Crippen LogP contribution in [0, 0.1) is 0 Å². The van der Waals surface area contributed by atoms with Crippen LogP contribution in [0.2, 0.25) is 0 Å². The highest BCUT2D eigenvalue weighted by Gasteiger charge is 2.04. The predicted octanol–water partition coefficient (Wildman–Crippen LogP) is -1.53. The van der Waals surface area contributed by atoms with Gasteiger partial charge in [0.2, 0.25) is 0 Å². The normalized spacial score (nSPS) is 10.6. The maximum Gasteiger partial charge on any atom is 0.332 e. The molecule has 1 aromatic rings. The zero-order valence-electron chi connectivity index (χ0n) is 10.8. The van der Waals surface area contributed by atoms with Crippen molar-refractivity contribution in [3.8, 4) is 0 Å². The minimum Gasteiger partial charge on any atom is -0.396 e. The van der Waals surface area contributed by atoms with E-state index < -0.39 is 0 Å². The van der Waals surface area contributed by atoms with E-state index in [-0.39, 0.29) is 17.9 Å². The van der Waals surface area contributed by atoms with Crippen molar-refractivity contribution >= 4 is 5.82 Å². The van der Waals surface area contributed by atoms with E-state index in [0.29, 0.717) is 25.3 Å². The van der Waals surface area contributed by atoms with Gasteiger partial charge in [-0.15, -0.1) is 0 Å². The second kappa shape index (κ2) is 6.97. The lowest BCUT2D eigenvalue weighted by atomic mass is 10.4. The van der Waals surface area contributed by atoms with Crippen LogP contribution in [0.15, 0.2) is 15.7 Å². The smallest absolute Gasteiger partial charge is 0.332 e. The quantitative estimate of drug-likeness (QED) is 0.515. The lowest BCUT2D eigenvalue weighted by Crippen LogP contribution is -2.38. The summed E-state index contributed by atoms with van der Waals surface area (Å²) in [5, 5.41) is 14.7. The molecule has 102 valence electrons. The monoisotopic (exact) mass is 256 g/mol. The topological polar surface area (TPSA) is 88.3 Å². The van der Waals surface area contributed by atoms with E-state index in [2.05, 4.69) is 10.6 Å². The summed E-state index contributed by atoms with van der Waals surface area (Å²) in [6.45, 7) is 2.21. The van der Waals surface area contributed by atoms with Gasteiger partial charge in [-0.1, -0.05) is 0 Å². The maximum atomic E-state index is 11.6. The fraction of sp³-hybridized carbons (Fsp3) is 0.636. The molecule has 0 fully saturated rings. The van der Waals surface area contributed by atoms with Gasteiger partial charge in [0, 0.05) is 39.9 Å². The molecule has 0 amide bonds. The highest BCUT2D eigenvalue weighted by Crippen LogP contribution is 1.96. The summed E-state index contributed by atoms with van der Waals surface area (Å²) in [5.41, 5.74) is -0.674. The zero-order chi connectivity index (χ0) is 13.5. The summed E-state index contributed by atoms with van der Waals surface area (Å²) >= 11 is 0. The number of rotatable bonds is 7. The van der Waals surface area contributed by atoms with Gasteiger partial charge in [0.25, 0.3) is 5.56 Å². The van der Waals surface area contributed by atoms with E-state index in [1.807, 2.05) is 0 Å². The van der Waals surface area contributed by atoms with Crippen LogP contribution < -0.4 is 21.9 Å². The SMILES string of the molecule is Cn1c(NCCNCCCO)cc(=O)n(C)c1=O. The van der Waals surface area contributed by atoms with Crippen LogP contribution in [0.3, 0.4) is 0 Å². The van der Waals surface area contributed by atoms with Gasteiger partial charge in [-0.05, 0) is 13.0 Å². The van der Waals surface area contributed by atoms with Gasteiger partial charge in [-0.2, -0.15) is 0 Å². The van der Waals surface area contributed by atoms with Gasteiger partial charge in [-0.25, -0.2) is 4.79 Å². The van der Waals surface area contributed by atoms with E-state index in [9.17, 15) is 9.59 Å². The molecule has 7 heteroatoms. The molecule has 0 aromatic carbocycles. The Labute approximate surface area is 105 Å².